The van der Waals surface area contributed by atoms with Crippen LogP contribution in [0.25, 0.3) is 0 Å². The Balaban J connectivity index is 2.21. The standard InChI is InChI=1S/C13H16FNO/c14-13-4-2-1-3-11(13)12(9-16)10-5-7-15-8-6-10/h1-4,9-10,12,15H,5-8H2. The number of hydrogen-bond acceptors (Lipinski definition) is 2. The number of carbonyl (C=O) groups excluding carboxylic acids is 1. The summed E-state index contributed by atoms with van der Waals surface area (Å²) in [6, 6.07) is 6.59. The van der Waals surface area contributed by atoms with Gasteiger partial charge in [-0.05, 0) is 43.5 Å². The summed E-state index contributed by atoms with van der Waals surface area (Å²) in [5.74, 6) is -0.280. The average molecular weight is 221 g/mol. The minimum atomic E-state index is -0.289. The quantitative estimate of drug-likeness (QED) is 0.792. The highest BCUT2D eigenvalue weighted by atomic mass is 19.1. The molecule has 0 aliphatic carbocycles. The van der Waals surface area contributed by atoms with Gasteiger partial charge in [0.25, 0.3) is 0 Å². The first-order chi connectivity index (χ1) is 7.83. The van der Waals surface area contributed by atoms with Crippen molar-refractivity contribution in [2.24, 2.45) is 5.92 Å². The molecule has 0 aromatic heterocycles. The van der Waals surface area contributed by atoms with E-state index < -0.39 is 0 Å². The molecule has 1 unspecified atom stereocenters. The zero-order chi connectivity index (χ0) is 11.4. The Morgan fingerprint density at radius 3 is 2.62 bits per heavy atom. The van der Waals surface area contributed by atoms with Crippen LogP contribution < -0.4 is 5.32 Å². The van der Waals surface area contributed by atoms with Gasteiger partial charge in [0, 0.05) is 5.92 Å². The molecule has 1 atom stereocenters. The van der Waals surface area contributed by atoms with Gasteiger partial charge in [0.2, 0.25) is 0 Å². The Morgan fingerprint density at radius 2 is 2.00 bits per heavy atom. The van der Waals surface area contributed by atoms with E-state index >= 15 is 0 Å². The maximum absolute atomic E-state index is 13.6. The van der Waals surface area contributed by atoms with Crippen LogP contribution in [0.4, 0.5) is 4.39 Å². The van der Waals surface area contributed by atoms with Crippen molar-refractivity contribution in [2.45, 2.75) is 18.8 Å². The Morgan fingerprint density at radius 1 is 1.31 bits per heavy atom. The van der Waals surface area contributed by atoms with Crippen LogP contribution in [0.15, 0.2) is 24.3 Å². The van der Waals surface area contributed by atoms with Crippen LogP contribution in [0.5, 0.6) is 0 Å². The van der Waals surface area contributed by atoms with Crippen LogP contribution in [0.2, 0.25) is 0 Å². The van der Waals surface area contributed by atoms with E-state index in [4.69, 9.17) is 0 Å². The third kappa shape index (κ3) is 2.30. The molecule has 1 fully saturated rings. The van der Waals surface area contributed by atoms with E-state index in [1.165, 1.54) is 6.07 Å². The van der Waals surface area contributed by atoms with Crippen molar-refractivity contribution in [1.82, 2.24) is 5.32 Å². The third-order valence-corrected chi connectivity index (χ3v) is 3.30. The maximum atomic E-state index is 13.6. The van der Waals surface area contributed by atoms with Crippen molar-refractivity contribution >= 4 is 6.29 Å². The highest BCUT2D eigenvalue weighted by molar-refractivity contribution is 5.63. The number of nitrogens with one attached hydrogen (secondary N) is 1. The van der Waals surface area contributed by atoms with Crippen LogP contribution in [0.1, 0.15) is 24.3 Å². The smallest absolute Gasteiger partial charge is 0.127 e. The van der Waals surface area contributed by atoms with Gasteiger partial charge in [0.05, 0.1) is 0 Å². The summed E-state index contributed by atoms with van der Waals surface area (Å²) in [7, 11) is 0. The van der Waals surface area contributed by atoms with Gasteiger partial charge >= 0.3 is 0 Å². The topological polar surface area (TPSA) is 29.1 Å². The van der Waals surface area contributed by atoms with Crippen LogP contribution in [0, 0.1) is 11.7 Å². The van der Waals surface area contributed by atoms with Gasteiger partial charge in [-0.1, -0.05) is 18.2 Å². The summed E-state index contributed by atoms with van der Waals surface area (Å²) in [6.07, 6.45) is 2.78. The number of hydrogen-bond donors (Lipinski definition) is 1. The monoisotopic (exact) mass is 221 g/mol. The Labute approximate surface area is 94.9 Å². The van der Waals surface area contributed by atoms with Crippen molar-refractivity contribution in [3.05, 3.63) is 35.6 Å². The number of halogens is 1. The molecule has 1 aromatic carbocycles. The largest absolute Gasteiger partial charge is 0.317 e. The molecule has 2 nitrogen and oxygen atoms in total. The van der Waals surface area contributed by atoms with E-state index in [2.05, 4.69) is 5.32 Å². The molecule has 16 heavy (non-hydrogen) atoms. The molecule has 3 heteroatoms. The Kier molecular flexibility index (Phi) is 3.67. The van der Waals surface area contributed by atoms with Gasteiger partial charge in [-0.15, -0.1) is 0 Å². The number of aldehydes is 1. The second-order valence-corrected chi connectivity index (χ2v) is 4.27. The molecular formula is C13H16FNO. The number of benzene rings is 1. The molecule has 1 aliphatic heterocycles. The fraction of sp³-hybridized carbons (Fsp3) is 0.462. The zero-order valence-corrected chi connectivity index (χ0v) is 9.16. The van der Waals surface area contributed by atoms with E-state index in [1.807, 2.05) is 0 Å². The maximum Gasteiger partial charge on any atom is 0.127 e. The van der Waals surface area contributed by atoms with Gasteiger partial charge in [-0.25, -0.2) is 4.39 Å². The predicted molar refractivity (Wildman–Crippen MR) is 60.8 cm³/mol. The van der Waals surface area contributed by atoms with E-state index in [1.54, 1.807) is 18.2 Å². The highest BCUT2D eigenvalue weighted by Gasteiger charge is 2.26. The molecule has 0 radical (unpaired) electrons. The molecule has 0 saturated carbocycles. The summed E-state index contributed by atoms with van der Waals surface area (Å²) in [5, 5.41) is 3.25. The first-order valence-corrected chi connectivity index (χ1v) is 5.73. The number of carbonyl (C=O) groups is 1. The van der Waals surface area contributed by atoms with Crippen molar-refractivity contribution in [1.29, 1.82) is 0 Å². The molecule has 1 aliphatic rings. The van der Waals surface area contributed by atoms with Crippen molar-refractivity contribution in [3.63, 3.8) is 0 Å². The second-order valence-electron chi connectivity index (χ2n) is 4.27. The molecule has 1 N–H and O–H groups in total. The van der Waals surface area contributed by atoms with Crippen molar-refractivity contribution < 1.29 is 9.18 Å². The number of piperidine rings is 1. The number of rotatable bonds is 3. The molecule has 0 amide bonds. The van der Waals surface area contributed by atoms with Gasteiger partial charge in [0.1, 0.15) is 12.1 Å². The van der Waals surface area contributed by atoms with Crippen LogP contribution in [-0.2, 0) is 4.79 Å². The zero-order valence-electron chi connectivity index (χ0n) is 9.16. The van der Waals surface area contributed by atoms with Crippen LogP contribution in [-0.4, -0.2) is 19.4 Å². The lowest BCUT2D eigenvalue weighted by atomic mass is 9.81. The fourth-order valence-corrected chi connectivity index (χ4v) is 2.39. The molecule has 1 saturated heterocycles. The Hall–Kier alpha value is -1.22. The summed E-state index contributed by atoms with van der Waals surface area (Å²) in [4.78, 5) is 11.2. The van der Waals surface area contributed by atoms with E-state index in [9.17, 15) is 9.18 Å². The van der Waals surface area contributed by atoms with Crippen LogP contribution >= 0.6 is 0 Å². The van der Waals surface area contributed by atoms with Crippen molar-refractivity contribution in [3.8, 4) is 0 Å². The Bertz CT molecular complexity index is 361. The first-order valence-electron chi connectivity index (χ1n) is 5.73. The first kappa shape index (κ1) is 11.3. The van der Waals surface area contributed by atoms with Gasteiger partial charge < -0.3 is 10.1 Å². The SMILES string of the molecule is O=CC(c1ccccc1F)C1CCNCC1. The summed E-state index contributed by atoms with van der Waals surface area (Å²) in [6.45, 7) is 1.84. The predicted octanol–water partition coefficient (Wildman–Crippen LogP) is 2.11. The van der Waals surface area contributed by atoms with E-state index in [0.717, 1.165) is 32.2 Å². The van der Waals surface area contributed by atoms with Gasteiger partial charge in [0.15, 0.2) is 0 Å². The molecule has 1 aromatic rings. The molecular weight excluding hydrogens is 205 g/mol. The third-order valence-electron chi connectivity index (χ3n) is 3.30. The lowest BCUT2D eigenvalue weighted by Crippen LogP contribution is -2.31. The van der Waals surface area contributed by atoms with Gasteiger partial charge in [-0.2, -0.15) is 0 Å². The summed E-state index contributed by atoms with van der Waals surface area (Å²) < 4.78 is 13.6. The summed E-state index contributed by atoms with van der Waals surface area (Å²) >= 11 is 0. The molecule has 0 spiro atoms. The molecule has 0 bridgehead atoms. The van der Waals surface area contributed by atoms with E-state index in [-0.39, 0.29) is 17.7 Å². The minimum absolute atomic E-state index is 0.266. The molecule has 1 heterocycles. The van der Waals surface area contributed by atoms with E-state index in [0.29, 0.717) is 5.56 Å². The molecule has 2 rings (SSSR count). The normalized spacial score (nSPS) is 19.3. The average Bonchev–Trinajstić information content (AvgIpc) is 2.34. The van der Waals surface area contributed by atoms with Crippen molar-refractivity contribution in [2.75, 3.05) is 13.1 Å². The lowest BCUT2D eigenvalue weighted by molar-refractivity contribution is -0.110. The second kappa shape index (κ2) is 5.21. The lowest BCUT2D eigenvalue weighted by Gasteiger charge is -2.27. The fourth-order valence-electron chi connectivity index (χ4n) is 2.39. The van der Waals surface area contributed by atoms with Gasteiger partial charge in [-0.3, -0.25) is 0 Å². The molecule has 86 valence electrons. The minimum Gasteiger partial charge on any atom is -0.317 e. The van der Waals surface area contributed by atoms with Crippen LogP contribution in [0.3, 0.4) is 0 Å². The highest BCUT2D eigenvalue weighted by Crippen LogP contribution is 2.30. The summed E-state index contributed by atoms with van der Waals surface area (Å²) in [5.41, 5.74) is 0.546.